The molecule has 0 radical (unpaired) electrons. The lowest BCUT2D eigenvalue weighted by molar-refractivity contribution is -0.130. The molecule has 2 rings (SSSR count). The number of likely N-dealkylation sites (N-methyl/N-ethyl adjacent to an activating group) is 1. The number of hydrogen-bond donors (Lipinski definition) is 0. The van der Waals surface area contributed by atoms with Crippen LogP contribution in [0.1, 0.15) is 45.1 Å². The van der Waals surface area contributed by atoms with E-state index >= 15 is 0 Å². The Morgan fingerprint density at radius 1 is 1.36 bits per heavy atom. The maximum absolute atomic E-state index is 12.3. The maximum Gasteiger partial charge on any atom is 0.410 e. The van der Waals surface area contributed by atoms with Gasteiger partial charge in [0.15, 0.2) is 0 Å². The number of carbonyl (C=O) groups is 2. The minimum atomic E-state index is -0.472. The Hall–Kier alpha value is -2.05. The minimum Gasteiger partial charge on any atom is -0.444 e. The number of likely N-dealkylation sites (tertiary alicyclic amines) is 1. The molecule has 1 aliphatic heterocycles. The van der Waals surface area contributed by atoms with Crippen LogP contribution in [0.25, 0.3) is 0 Å². The van der Waals surface area contributed by atoms with Crippen LogP contribution >= 0.6 is 0 Å². The molecule has 1 fully saturated rings. The van der Waals surface area contributed by atoms with Crippen molar-refractivity contribution in [2.75, 3.05) is 26.7 Å². The zero-order valence-electron chi connectivity index (χ0n) is 15.9. The number of aromatic nitrogens is 1. The molecule has 0 atom stereocenters. The van der Waals surface area contributed by atoms with Gasteiger partial charge in [-0.15, -0.1) is 0 Å². The zero-order valence-corrected chi connectivity index (χ0v) is 15.9. The van der Waals surface area contributed by atoms with Crippen molar-refractivity contribution in [2.24, 2.45) is 5.92 Å². The van der Waals surface area contributed by atoms with E-state index in [4.69, 9.17) is 9.26 Å². The zero-order chi connectivity index (χ0) is 18.6. The summed E-state index contributed by atoms with van der Waals surface area (Å²) in [5, 5.41) is 3.86. The highest BCUT2D eigenvalue weighted by Gasteiger charge is 2.28. The molecule has 0 unspecified atom stereocenters. The van der Waals surface area contributed by atoms with Gasteiger partial charge >= 0.3 is 6.09 Å². The van der Waals surface area contributed by atoms with Crippen molar-refractivity contribution in [3.63, 3.8) is 0 Å². The van der Waals surface area contributed by atoms with Crippen LogP contribution < -0.4 is 0 Å². The standard InChI is InChI=1S/C18H29N3O4/c1-13-10-15(19-25-13)11-16(22)20(5)12-14-6-8-21(9-7-14)17(23)24-18(2,3)4/h10,14H,6-9,11-12H2,1-5H3. The van der Waals surface area contributed by atoms with E-state index in [-0.39, 0.29) is 18.4 Å². The van der Waals surface area contributed by atoms with Crippen LogP contribution in [0.2, 0.25) is 0 Å². The predicted octanol–water partition coefficient (Wildman–Crippen LogP) is 2.63. The van der Waals surface area contributed by atoms with Crippen LogP contribution in [-0.4, -0.2) is 59.2 Å². The third kappa shape index (κ3) is 6.07. The molecule has 25 heavy (non-hydrogen) atoms. The lowest BCUT2D eigenvalue weighted by Gasteiger charge is -2.34. The lowest BCUT2D eigenvalue weighted by Crippen LogP contribution is -2.44. The second-order valence-corrected chi connectivity index (χ2v) is 7.79. The Balaban J connectivity index is 1.75. The minimum absolute atomic E-state index is 0.0304. The molecule has 140 valence electrons. The Morgan fingerprint density at radius 2 is 2.00 bits per heavy atom. The number of piperidine rings is 1. The molecule has 1 aromatic heterocycles. The van der Waals surface area contributed by atoms with Crippen molar-refractivity contribution in [1.82, 2.24) is 15.0 Å². The molecular weight excluding hydrogens is 322 g/mol. The number of nitrogens with zero attached hydrogens (tertiary/aromatic N) is 3. The van der Waals surface area contributed by atoms with Crippen molar-refractivity contribution < 1.29 is 18.8 Å². The third-order valence-electron chi connectivity index (χ3n) is 4.23. The van der Waals surface area contributed by atoms with Gasteiger partial charge in [0, 0.05) is 32.7 Å². The summed E-state index contributed by atoms with van der Waals surface area (Å²) in [5.74, 6) is 1.13. The van der Waals surface area contributed by atoms with Crippen molar-refractivity contribution in [3.8, 4) is 0 Å². The van der Waals surface area contributed by atoms with Crippen LogP contribution in [0.4, 0.5) is 4.79 Å². The Morgan fingerprint density at radius 3 is 2.52 bits per heavy atom. The largest absolute Gasteiger partial charge is 0.444 e. The molecule has 0 N–H and O–H groups in total. The summed E-state index contributed by atoms with van der Waals surface area (Å²) < 4.78 is 10.4. The van der Waals surface area contributed by atoms with E-state index in [0.29, 0.717) is 37.0 Å². The van der Waals surface area contributed by atoms with Crippen molar-refractivity contribution in [3.05, 3.63) is 17.5 Å². The van der Waals surface area contributed by atoms with E-state index in [9.17, 15) is 9.59 Å². The van der Waals surface area contributed by atoms with E-state index in [0.717, 1.165) is 12.8 Å². The summed E-state index contributed by atoms with van der Waals surface area (Å²) in [7, 11) is 1.81. The Bertz CT molecular complexity index is 598. The summed E-state index contributed by atoms with van der Waals surface area (Å²) in [5.41, 5.74) is 0.189. The first-order chi connectivity index (χ1) is 11.6. The molecule has 0 spiro atoms. The van der Waals surface area contributed by atoms with Gasteiger partial charge in [-0.25, -0.2) is 4.79 Å². The van der Waals surface area contributed by atoms with E-state index < -0.39 is 5.60 Å². The fourth-order valence-electron chi connectivity index (χ4n) is 2.90. The maximum atomic E-state index is 12.3. The number of aryl methyl sites for hydroxylation is 1. The first-order valence-corrected chi connectivity index (χ1v) is 8.78. The van der Waals surface area contributed by atoms with Gasteiger partial charge in [0.25, 0.3) is 0 Å². The van der Waals surface area contributed by atoms with Gasteiger partial charge in [-0.05, 0) is 46.5 Å². The van der Waals surface area contributed by atoms with Gasteiger partial charge in [0.2, 0.25) is 5.91 Å². The van der Waals surface area contributed by atoms with Gasteiger partial charge in [-0.1, -0.05) is 5.16 Å². The first-order valence-electron chi connectivity index (χ1n) is 8.78. The Kier molecular flexibility index (Phi) is 6.08. The summed E-state index contributed by atoms with van der Waals surface area (Å²) in [6, 6.07) is 1.78. The predicted molar refractivity (Wildman–Crippen MR) is 93.1 cm³/mol. The third-order valence-corrected chi connectivity index (χ3v) is 4.23. The van der Waals surface area contributed by atoms with Crippen LogP contribution in [0.15, 0.2) is 10.6 Å². The average Bonchev–Trinajstić information content (AvgIpc) is 2.91. The highest BCUT2D eigenvalue weighted by Crippen LogP contribution is 2.20. The van der Waals surface area contributed by atoms with Crippen LogP contribution in [-0.2, 0) is 16.0 Å². The molecule has 1 aliphatic rings. The fourth-order valence-corrected chi connectivity index (χ4v) is 2.90. The SMILES string of the molecule is Cc1cc(CC(=O)N(C)CC2CCN(C(=O)OC(C)(C)C)CC2)no1. The second kappa shape index (κ2) is 7.89. The van der Waals surface area contributed by atoms with Gasteiger partial charge < -0.3 is 19.1 Å². The highest BCUT2D eigenvalue weighted by molar-refractivity contribution is 5.78. The van der Waals surface area contributed by atoms with E-state index in [1.807, 2.05) is 34.7 Å². The van der Waals surface area contributed by atoms with E-state index in [1.165, 1.54) is 0 Å². The lowest BCUT2D eigenvalue weighted by atomic mass is 9.96. The number of carbonyl (C=O) groups excluding carboxylic acids is 2. The molecule has 0 saturated carbocycles. The molecule has 2 amide bonds. The molecule has 2 heterocycles. The average molecular weight is 351 g/mol. The summed E-state index contributed by atoms with van der Waals surface area (Å²) in [6.07, 6.45) is 1.75. The Labute approximate surface area is 149 Å². The van der Waals surface area contributed by atoms with E-state index in [1.54, 1.807) is 15.9 Å². The number of amides is 2. The molecule has 0 aromatic carbocycles. The fraction of sp³-hybridized carbons (Fsp3) is 0.722. The molecule has 7 nitrogen and oxygen atoms in total. The van der Waals surface area contributed by atoms with E-state index in [2.05, 4.69) is 5.16 Å². The molecule has 7 heteroatoms. The summed E-state index contributed by atoms with van der Waals surface area (Å²) in [4.78, 5) is 27.9. The molecular formula is C18H29N3O4. The molecule has 0 bridgehead atoms. The summed E-state index contributed by atoms with van der Waals surface area (Å²) >= 11 is 0. The van der Waals surface area contributed by atoms with Gasteiger partial charge in [-0.3, -0.25) is 4.79 Å². The monoisotopic (exact) mass is 351 g/mol. The molecule has 1 aromatic rings. The van der Waals surface area contributed by atoms with Crippen molar-refractivity contribution >= 4 is 12.0 Å². The first kappa shape index (κ1) is 19.3. The molecule has 1 saturated heterocycles. The highest BCUT2D eigenvalue weighted by atomic mass is 16.6. The second-order valence-electron chi connectivity index (χ2n) is 7.79. The number of rotatable bonds is 4. The van der Waals surface area contributed by atoms with Crippen molar-refractivity contribution in [2.45, 2.75) is 52.6 Å². The molecule has 0 aliphatic carbocycles. The summed E-state index contributed by atoms with van der Waals surface area (Å²) in [6.45, 7) is 9.45. The smallest absolute Gasteiger partial charge is 0.410 e. The topological polar surface area (TPSA) is 75.9 Å². The van der Waals surface area contributed by atoms with Crippen molar-refractivity contribution in [1.29, 1.82) is 0 Å². The quantitative estimate of drug-likeness (QED) is 0.833. The van der Waals surface area contributed by atoms with Gasteiger partial charge in [0.1, 0.15) is 11.4 Å². The van der Waals surface area contributed by atoms with Crippen LogP contribution in [0, 0.1) is 12.8 Å². The number of ether oxygens (including phenoxy) is 1. The van der Waals surface area contributed by atoms with Crippen LogP contribution in [0.3, 0.4) is 0 Å². The normalized spacial score (nSPS) is 16.0. The van der Waals surface area contributed by atoms with Gasteiger partial charge in [-0.2, -0.15) is 0 Å². The van der Waals surface area contributed by atoms with Gasteiger partial charge in [0.05, 0.1) is 12.1 Å². The van der Waals surface area contributed by atoms with Crippen LogP contribution in [0.5, 0.6) is 0 Å². The number of hydrogen-bond acceptors (Lipinski definition) is 5.